The van der Waals surface area contributed by atoms with Crippen molar-refractivity contribution in [2.45, 2.75) is 19.0 Å². The minimum absolute atomic E-state index is 0.0203. The minimum Gasteiger partial charge on any atom is -0.496 e. The third-order valence-electron chi connectivity index (χ3n) is 5.42. The lowest BCUT2D eigenvalue weighted by Gasteiger charge is -2.36. The van der Waals surface area contributed by atoms with Gasteiger partial charge in [0.2, 0.25) is 0 Å². The van der Waals surface area contributed by atoms with Crippen LogP contribution >= 0.6 is 0 Å². The molecule has 0 bridgehead atoms. The van der Waals surface area contributed by atoms with Crippen LogP contribution in [0, 0.1) is 0 Å². The van der Waals surface area contributed by atoms with E-state index in [9.17, 15) is 22.8 Å². The second-order valence-electron chi connectivity index (χ2n) is 7.57. The number of carbonyl (C=O) groups is 2. The van der Waals surface area contributed by atoms with Crippen LogP contribution in [-0.4, -0.2) is 61.8 Å². The van der Waals surface area contributed by atoms with E-state index in [-0.39, 0.29) is 18.9 Å². The van der Waals surface area contributed by atoms with Crippen LogP contribution in [-0.2, 0) is 22.2 Å². The van der Waals surface area contributed by atoms with Gasteiger partial charge in [-0.2, -0.15) is 13.2 Å². The lowest BCUT2D eigenvalue weighted by atomic mass is 10.1. The number of aliphatic carboxylic acids is 1. The van der Waals surface area contributed by atoms with E-state index in [1.54, 1.807) is 23.1 Å². The number of piperazine rings is 1. The first-order valence-corrected chi connectivity index (χ1v) is 10.4. The lowest BCUT2D eigenvalue weighted by molar-refractivity contribution is -0.138. The number of nitrogens with zero attached hydrogens (tertiary/aromatic N) is 2. The number of anilines is 1. The van der Waals surface area contributed by atoms with Crippen molar-refractivity contribution >= 4 is 17.6 Å². The van der Waals surface area contributed by atoms with Crippen molar-refractivity contribution in [2.75, 3.05) is 44.8 Å². The molecule has 0 aliphatic carbocycles. The maximum atomic E-state index is 12.7. The van der Waals surface area contributed by atoms with Crippen molar-refractivity contribution in [3.8, 4) is 11.5 Å². The summed E-state index contributed by atoms with van der Waals surface area (Å²) in [6.07, 6.45) is -4.07. The summed E-state index contributed by atoms with van der Waals surface area (Å²) in [6, 6.07) is 9.99. The van der Waals surface area contributed by atoms with Gasteiger partial charge in [-0.05, 0) is 42.3 Å². The van der Waals surface area contributed by atoms with Crippen LogP contribution in [0.4, 0.5) is 18.9 Å². The molecule has 33 heavy (non-hydrogen) atoms. The first kappa shape index (κ1) is 24.2. The van der Waals surface area contributed by atoms with Gasteiger partial charge in [-0.3, -0.25) is 9.59 Å². The van der Waals surface area contributed by atoms with E-state index in [2.05, 4.69) is 0 Å². The van der Waals surface area contributed by atoms with Gasteiger partial charge >= 0.3 is 12.1 Å². The highest BCUT2D eigenvalue weighted by molar-refractivity contribution is 5.78. The molecule has 1 aliphatic rings. The average molecular weight is 466 g/mol. The van der Waals surface area contributed by atoms with E-state index in [0.29, 0.717) is 49.8 Å². The molecule has 1 amide bonds. The van der Waals surface area contributed by atoms with Crippen LogP contribution in [0.3, 0.4) is 0 Å². The van der Waals surface area contributed by atoms with E-state index >= 15 is 0 Å². The second kappa shape index (κ2) is 10.5. The number of ether oxygens (including phenoxy) is 2. The molecule has 10 heteroatoms. The number of carboxylic acids is 1. The summed E-state index contributed by atoms with van der Waals surface area (Å²) < 4.78 is 49.1. The third-order valence-corrected chi connectivity index (χ3v) is 5.42. The molecule has 178 valence electrons. The summed E-state index contributed by atoms with van der Waals surface area (Å²) in [5.74, 6) is -0.175. The fourth-order valence-electron chi connectivity index (χ4n) is 3.57. The second-order valence-corrected chi connectivity index (χ2v) is 7.57. The first-order valence-electron chi connectivity index (χ1n) is 10.4. The van der Waals surface area contributed by atoms with Gasteiger partial charge in [0.15, 0.2) is 6.61 Å². The molecule has 1 fully saturated rings. The Hall–Kier alpha value is -3.43. The zero-order chi connectivity index (χ0) is 24.0. The van der Waals surface area contributed by atoms with Crippen molar-refractivity contribution in [3.63, 3.8) is 0 Å². The monoisotopic (exact) mass is 466 g/mol. The molecule has 0 aromatic heterocycles. The van der Waals surface area contributed by atoms with Gasteiger partial charge in [-0.15, -0.1) is 0 Å². The van der Waals surface area contributed by atoms with Crippen LogP contribution in [0.2, 0.25) is 0 Å². The number of carbonyl (C=O) groups excluding carboxylic acids is 1. The Bertz CT molecular complexity index is 971. The van der Waals surface area contributed by atoms with Gasteiger partial charge in [0.1, 0.15) is 11.5 Å². The molecular weight excluding hydrogens is 441 g/mol. The summed E-state index contributed by atoms with van der Waals surface area (Å²) >= 11 is 0. The number of rotatable bonds is 8. The first-order chi connectivity index (χ1) is 15.7. The highest BCUT2D eigenvalue weighted by atomic mass is 19.4. The number of benzene rings is 2. The quantitative estimate of drug-likeness (QED) is 0.642. The van der Waals surface area contributed by atoms with Crippen LogP contribution in [0.5, 0.6) is 11.5 Å². The number of halogens is 3. The highest BCUT2D eigenvalue weighted by Crippen LogP contribution is 2.31. The Morgan fingerprint density at radius 3 is 2.27 bits per heavy atom. The smallest absolute Gasteiger partial charge is 0.416 e. The number of methoxy groups -OCH3 is 1. The Balaban J connectivity index is 1.50. The number of alkyl halides is 3. The minimum atomic E-state index is -4.37. The van der Waals surface area contributed by atoms with Gasteiger partial charge in [-0.1, -0.05) is 6.07 Å². The fraction of sp³-hybridized carbons (Fsp3) is 0.391. The summed E-state index contributed by atoms with van der Waals surface area (Å²) in [5.41, 5.74) is 0.725. The Kier molecular flexibility index (Phi) is 7.67. The molecule has 0 saturated carbocycles. The van der Waals surface area contributed by atoms with Gasteiger partial charge in [-0.25, -0.2) is 0 Å². The van der Waals surface area contributed by atoms with Crippen molar-refractivity contribution in [3.05, 3.63) is 53.6 Å². The van der Waals surface area contributed by atoms with Crippen LogP contribution in [0.15, 0.2) is 42.5 Å². The predicted molar refractivity (Wildman–Crippen MR) is 115 cm³/mol. The largest absolute Gasteiger partial charge is 0.496 e. The van der Waals surface area contributed by atoms with Gasteiger partial charge < -0.3 is 24.4 Å². The number of hydrogen-bond acceptors (Lipinski definition) is 5. The molecule has 0 spiro atoms. The molecule has 7 nitrogen and oxygen atoms in total. The summed E-state index contributed by atoms with van der Waals surface area (Å²) in [5, 5.41) is 8.83. The number of hydrogen-bond donors (Lipinski definition) is 1. The fourth-order valence-corrected chi connectivity index (χ4v) is 3.57. The maximum absolute atomic E-state index is 12.7. The van der Waals surface area contributed by atoms with Crippen LogP contribution < -0.4 is 14.4 Å². The molecule has 0 radical (unpaired) electrons. The predicted octanol–water partition coefficient (Wildman–Crippen LogP) is 3.46. The Labute approximate surface area is 189 Å². The number of amides is 1. The SMILES string of the molecule is COc1cc(OCC(=O)N2CCN(c3ccc(C(F)(F)F)cc3)CC2)ccc1CCC(=O)O. The van der Waals surface area contributed by atoms with E-state index in [4.69, 9.17) is 14.6 Å². The van der Waals surface area contributed by atoms with Gasteiger partial charge in [0.25, 0.3) is 5.91 Å². The molecule has 2 aromatic rings. The summed E-state index contributed by atoms with van der Waals surface area (Å²) in [4.78, 5) is 26.9. The van der Waals surface area contributed by atoms with Crippen molar-refractivity contribution in [1.82, 2.24) is 4.90 Å². The van der Waals surface area contributed by atoms with Crippen molar-refractivity contribution in [2.24, 2.45) is 0 Å². The van der Waals surface area contributed by atoms with E-state index < -0.39 is 17.7 Å². The highest BCUT2D eigenvalue weighted by Gasteiger charge is 2.30. The Morgan fingerprint density at radius 2 is 1.70 bits per heavy atom. The molecule has 1 N–H and O–H groups in total. The van der Waals surface area contributed by atoms with Crippen LogP contribution in [0.25, 0.3) is 0 Å². The maximum Gasteiger partial charge on any atom is 0.416 e. The molecular formula is C23H25F3N2O5. The molecule has 3 rings (SSSR count). The number of aryl methyl sites for hydroxylation is 1. The summed E-state index contributed by atoms with van der Waals surface area (Å²) in [7, 11) is 1.48. The zero-order valence-corrected chi connectivity index (χ0v) is 18.1. The van der Waals surface area contributed by atoms with Gasteiger partial charge in [0.05, 0.1) is 12.7 Å². The molecule has 1 aliphatic heterocycles. The zero-order valence-electron chi connectivity index (χ0n) is 18.1. The average Bonchev–Trinajstić information content (AvgIpc) is 2.81. The third kappa shape index (κ3) is 6.53. The standard InChI is InChI=1S/C23H25F3N2O5/c1-32-20-14-19(8-2-16(20)3-9-22(30)31)33-15-21(29)28-12-10-27(11-13-28)18-6-4-17(5-7-18)23(24,25)26/h2,4-8,14H,3,9-13,15H2,1H3,(H,30,31). The molecule has 0 atom stereocenters. The van der Waals surface area contributed by atoms with Crippen molar-refractivity contribution in [1.29, 1.82) is 0 Å². The molecule has 1 saturated heterocycles. The molecule has 2 aromatic carbocycles. The molecule has 0 unspecified atom stereocenters. The van der Waals surface area contributed by atoms with E-state index in [1.807, 2.05) is 4.90 Å². The molecule has 1 heterocycles. The van der Waals surface area contributed by atoms with E-state index in [1.165, 1.54) is 19.2 Å². The normalized spacial score (nSPS) is 14.2. The lowest BCUT2D eigenvalue weighted by Crippen LogP contribution is -2.50. The topological polar surface area (TPSA) is 79.3 Å². The van der Waals surface area contributed by atoms with Gasteiger partial charge in [0, 0.05) is 44.4 Å². The number of carboxylic acid groups (broad SMARTS) is 1. The van der Waals surface area contributed by atoms with Crippen LogP contribution in [0.1, 0.15) is 17.5 Å². The summed E-state index contributed by atoms with van der Waals surface area (Å²) in [6.45, 7) is 1.70. The van der Waals surface area contributed by atoms with Crippen molar-refractivity contribution < 1.29 is 37.3 Å². The Morgan fingerprint density at radius 1 is 1.03 bits per heavy atom. The van der Waals surface area contributed by atoms with E-state index in [0.717, 1.165) is 17.7 Å².